The van der Waals surface area contributed by atoms with Crippen molar-refractivity contribution in [3.8, 4) is 5.88 Å². The maximum atomic E-state index is 12.9. The fraction of sp³-hybridized carbons (Fsp3) is 0.421. The van der Waals surface area contributed by atoms with Crippen molar-refractivity contribution in [2.45, 2.75) is 32.4 Å². The first-order valence-electron chi connectivity index (χ1n) is 8.70. The number of anilines is 1. The number of aromatic nitrogens is 2. The van der Waals surface area contributed by atoms with E-state index in [0.717, 1.165) is 49.2 Å². The Hall–Kier alpha value is -2.67. The van der Waals surface area contributed by atoms with Gasteiger partial charge in [-0.3, -0.25) is 4.79 Å². The van der Waals surface area contributed by atoms with Gasteiger partial charge < -0.3 is 24.8 Å². The van der Waals surface area contributed by atoms with Gasteiger partial charge in [0.2, 0.25) is 5.88 Å². The van der Waals surface area contributed by atoms with E-state index in [9.17, 15) is 4.79 Å². The highest BCUT2D eigenvalue weighted by Crippen LogP contribution is 2.19. The zero-order valence-electron chi connectivity index (χ0n) is 15.1. The van der Waals surface area contributed by atoms with Crippen molar-refractivity contribution in [2.75, 3.05) is 25.6 Å². The molecule has 0 bridgehead atoms. The van der Waals surface area contributed by atoms with E-state index in [4.69, 9.17) is 14.9 Å². The Morgan fingerprint density at radius 3 is 2.81 bits per heavy atom. The summed E-state index contributed by atoms with van der Waals surface area (Å²) in [7, 11) is 1.57. The highest BCUT2D eigenvalue weighted by molar-refractivity contribution is 5.85. The average molecular weight is 356 g/mol. The van der Waals surface area contributed by atoms with E-state index in [-0.39, 0.29) is 11.6 Å². The molecule has 7 nitrogen and oxygen atoms in total. The van der Waals surface area contributed by atoms with Crippen LogP contribution in [0.1, 0.15) is 29.7 Å². The van der Waals surface area contributed by atoms with E-state index in [1.807, 2.05) is 19.1 Å². The SMILES string of the molecule is COc1ccc(Cn2c(C)cc(NC3CCOCC3)c(C=N)c2=O)cn1. The molecule has 26 heavy (non-hydrogen) atoms. The minimum absolute atomic E-state index is 0.176. The average Bonchev–Trinajstić information content (AvgIpc) is 2.66. The molecule has 1 aliphatic heterocycles. The van der Waals surface area contributed by atoms with Gasteiger partial charge in [-0.2, -0.15) is 0 Å². The van der Waals surface area contributed by atoms with Crippen LogP contribution in [0, 0.1) is 12.3 Å². The number of nitrogens with one attached hydrogen (secondary N) is 2. The number of nitrogens with zero attached hydrogens (tertiary/aromatic N) is 2. The van der Waals surface area contributed by atoms with E-state index in [1.54, 1.807) is 23.9 Å². The van der Waals surface area contributed by atoms with Crippen molar-refractivity contribution >= 4 is 11.9 Å². The predicted octanol–water partition coefficient (Wildman–Crippen LogP) is 2.20. The maximum absolute atomic E-state index is 12.9. The highest BCUT2D eigenvalue weighted by Gasteiger charge is 2.17. The van der Waals surface area contributed by atoms with Crippen LogP contribution >= 0.6 is 0 Å². The minimum atomic E-state index is -0.176. The molecular formula is C19H24N4O3. The summed E-state index contributed by atoms with van der Waals surface area (Å²) in [6, 6.07) is 5.86. The first-order chi connectivity index (χ1) is 12.6. The summed E-state index contributed by atoms with van der Waals surface area (Å²) in [6.45, 7) is 3.75. The van der Waals surface area contributed by atoms with Gasteiger partial charge in [0.05, 0.1) is 24.9 Å². The van der Waals surface area contributed by atoms with Crippen molar-refractivity contribution in [2.24, 2.45) is 0 Å². The lowest BCUT2D eigenvalue weighted by Gasteiger charge is -2.25. The lowest BCUT2D eigenvalue weighted by Crippen LogP contribution is -2.32. The fourth-order valence-corrected chi connectivity index (χ4v) is 3.11. The van der Waals surface area contributed by atoms with E-state index >= 15 is 0 Å². The highest BCUT2D eigenvalue weighted by atomic mass is 16.5. The summed E-state index contributed by atoms with van der Waals surface area (Å²) < 4.78 is 12.1. The van der Waals surface area contributed by atoms with E-state index < -0.39 is 0 Å². The Bertz CT molecular complexity index is 824. The Labute approximate surface area is 152 Å². The van der Waals surface area contributed by atoms with Gasteiger partial charge in [0.1, 0.15) is 0 Å². The molecule has 2 N–H and O–H groups in total. The van der Waals surface area contributed by atoms with E-state index in [1.165, 1.54) is 0 Å². The molecule has 3 heterocycles. The lowest BCUT2D eigenvalue weighted by atomic mass is 10.1. The topological polar surface area (TPSA) is 89.2 Å². The smallest absolute Gasteiger partial charge is 0.261 e. The molecule has 0 aromatic carbocycles. The first kappa shape index (κ1) is 18.1. The normalized spacial score (nSPS) is 14.8. The molecule has 138 valence electrons. The number of aryl methyl sites for hydroxylation is 1. The van der Waals surface area contributed by atoms with Gasteiger partial charge in [0.25, 0.3) is 5.56 Å². The molecule has 0 amide bonds. The zero-order valence-corrected chi connectivity index (χ0v) is 15.1. The third-order valence-electron chi connectivity index (χ3n) is 4.62. The number of ether oxygens (including phenoxy) is 2. The van der Waals surface area contributed by atoms with Crippen LogP contribution in [0.3, 0.4) is 0 Å². The molecule has 1 saturated heterocycles. The summed E-state index contributed by atoms with van der Waals surface area (Å²) >= 11 is 0. The number of rotatable bonds is 6. The monoisotopic (exact) mass is 356 g/mol. The predicted molar refractivity (Wildman–Crippen MR) is 101 cm³/mol. The second-order valence-electron chi connectivity index (χ2n) is 6.39. The van der Waals surface area contributed by atoms with Crippen molar-refractivity contribution in [3.05, 3.63) is 51.6 Å². The molecule has 2 aromatic heterocycles. The molecule has 0 atom stereocenters. The van der Waals surface area contributed by atoms with Gasteiger partial charge >= 0.3 is 0 Å². The molecular weight excluding hydrogens is 332 g/mol. The molecule has 0 spiro atoms. The summed E-state index contributed by atoms with van der Waals surface area (Å²) in [5.74, 6) is 0.536. The largest absolute Gasteiger partial charge is 0.481 e. The van der Waals surface area contributed by atoms with E-state index in [0.29, 0.717) is 18.0 Å². The van der Waals surface area contributed by atoms with Crippen molar-refractivity contribution in [3.63, 3.8) is 0 Å². The molecule has 7 heteroatoms. The Balaban J connectivity index is 1.88. The second-order valence-corrected chi connectivity index (χ2v) is 6.39. The molecule has 3 rings (SSSR count). The van der Waals surface area contributed by atoms with Crippen LogP contribution in [0.25, 0.3) is 0 Å². The number of hydrogen-bond donors (Lipinski definition) is 2. The van der Waals surface area contributed by atoms with Crippen LogP contribution in [-0.4, -0.2) is 42.1 Å². The Morgan fingerprint density at radius 2 is 2.19 bits per heavy atom. The molecule has 1 aliphatic rings. The fourth-order valence-electron chi connectivity index (χ4n) is 3.11. The third-order valence-corrected chi connectivity index (χ3v) is 4.62. The summed E-state index contributed by atoms with van der Waals surface area (Å²) in [5.41, 5.74) is 2.66. The molecule has 0 saturated carbocycles. The van der Waals surface area contributed by atoms with Gasteiger partial charge in [-0.1, -0.05) is 6.07 Å². The van der Waals surface area contributed by atoms with Gasteiger partial charge in [0.15, 0.2) is 0 Å². The third kappa shape index (κ3) is 3.94. The van der Waals surface area contributed by atoms with Crippen molar-refractivity contribution < 1.29 is 9.47 Å². The van der Waals surface area contributed by atoms with Crippen molar-refractivity contribution in [1.82, 2.24) is 9.55 Å². The van der Waals surface area contributed by atoms with Crippen LogP contribution in [0.2, 0.25) is 0 Å². The van der Waals surface area contributed by atoms with Gasteiger partial charge in [-0.25, -0.2) is 4.98 Å². The van der Waals surface area contributed by atoms with E-state index in [2.05, 4.69) is 10.3 Å². The summed E-state index contributed by atoms with van der Waals surface area (Å²) in [6.07, 6.45) is 4.63. The van der Waals surface area contributed by atoms with Crippen LogP contribution in [-0.2, 0) is 11.3 Å². The standard InChI is InChI=1S/C19H24N4O3/c1-13-9-17(22-15-5-7-26-8-6-15)16(10-20)19(24)23(13)12-14-3-4-18(25-2)21-11-14/h3-4,9-11,15,20,22H,5-8,12H2,1-2H3. The summed E-state index contributed by atoms with van der Waals surface area (Å²) in [5, 5.41) is 11.1. The number of hydrogen-bond acceptors (Lipinski definition) is 6. The lowest BCUT2D eigenvalue weighted by molar-refractivity contribution is 0.0904. The van der Waals surface area contributed by atoms with Crippen LogP contribution < -0.4 is 15.6 Å². The molecule has 0 radical (unpaired) electrons. The minimum Gasteiger partial charge on any atom is -0.481 e. The van der Waals surface area contributed by atoms with Crippen LogP contribution in [0.15, 0.2) is 29.2 Å². The molecule has 2 aromatic rings. The molecule has 0 aliphatic carbocycles. The van der Waals surface area contributed by atoms with Gasteiger partial charge in [0, 0.05) is 43.4 Å². The number of pyridine rings is 2. The van der Waals surface area contributed by atoms with Crippen molar-refractivity contribution in [1.29, 1.82) is 5.41 Å². The zero-order chi connectivity index (χ0) is 18.5. The maximum Gasteiger partial charge on any atom is 0.261 e. The second kappa shape index (κ2) is 8.14. The Morgan fingerprint density at radius 1 is 1.42 bits per heavy atom. The van der Waals surface area contributed by atoms with Crippen LogP contribution in [0.5, 0.6) is 5.88 Å². The van der Waals surface area contributed by atoms with Gasteiger partial charge in [-0.15, -0.1) is 0 Å². The Kier molecular flexibility index (Phi) is 5.68. The van der Waals surface area contributed by atoms with Crippen LogP contribution in [0.4, 0.5) is 5.69 Å². The number of methoxy groups -OCH3 is 1. The quantitative estimate of drug-likeness (QED) is 0.775. The first-order valence-corrected chi connectivity index (χ1v) is 8.70. The molecule has 0 unspecified atom stereocenters. The van der Waals surface area contributed by atoms with Gasteiger partial charge in [-0.05, 0) is 31.4 Å². The molecule has 1 fully saturated rings. The summed E-state index contributed by atoms with van der Waals surface area (Å²) in [4.78, 5) is 17.1.